The summed E-state index contributed by atoms with van der Waals surface area (Å²) in [6, 6.07) is 6.89. The van der Waals surface area contributed by atoms with Gasteiger partial charge in [-0.05, 0) is 17.7 Å². The smallest absolute Gasteiger partial charge is 0.123 e. The Hall–Kier alpha value is -1.19. The fourth-order valence-corrected chi connectivity index (χ4v) is 2.12. The second-order valence-electron chi connectivity index (χ2n) is 4.02. The first-order valence-electron chi connectivity index (χ1n) is 5.64. The molecule has 1 heterocycles. The van der Waals surface area contributed by atoms with Crippen molar-refractivity contribution in [3.8, 4) is 0 Å². The van der Waals surface area contributed by atoms with E-state index in [2.05, 4.69) is 16.8 Å². The van der Waals surface area contributed by atoms with E-state index in [1.54, 1.807) is 0 Å². The summed E-state index contributed by atoms with van der Waals surface area (Å²) in [5, 5.41) is 3.32. The molecule has 0 amide bonds. The van der Waals surface area contributed by atoms with Gasteiger partial charge in [0.25, 0.3) is 0 Å². The van der Waals surface area contributed by atoms with Gasteiger partial charge in [-0.2, -0.15) is 0 Å². The molecule has 1 saturated heterocycles. The Morgan fingerprint density at radius 1 is 1.25 bits per heavy atom. The van der Waals surface area contributed by atoms with Crippen LogP contribution in [0.15, 0.2) is 36.9 Å². The zero-order valence-electron chi connectivity index (χ0n) is 9.32. The van der Waals surface area contributed by atoms with Gasteiger partial charge in [-0.15, -0.1) is 6.58 Å². The Morgan fingerprint density at radius 2 is 1.88 bits per heavy atom. The molecule has 1 aliphatic heterocycles. The minimum Gasteiger partial charge on any atom is -0.314 e. The first-order valence-corrected chi connectivity index (χ1v) is 5.64. The maximum atomic E-state index is 12.8. The van der Waals surface area contributed by atoms with Crippen molar-refractivity contribution >= 4 is 0 Å². The Labute approximate surface area is 95.8 Å². The second-order valence-corrected chi connectivity index (χ2v) is 4.02. The number of nitrogens with one attached hydrogen (secondary N) is 1. The molecule has 0 unspecified atom stereocenters. The quantitative estimate of drug-likeness (QED) is 0.783. The molecule has 2 nitrogen and oxygen atoms in total. The fourth-order valence-electron chi connectivity index (χ4n) is 2.12. The molecule has 0 aliphatic carbocycles. The monoisotopic (exact) mass is 220 g/mol. The lowest BCUT2D eigenvalue weighted by atomic mass is 10.0. The van der Waals surface area contributed by atoms with Crippen LogP contribution in [0.4, 0.5) is 4.39 Å². The van der Waals surface area contributed by atoms with E-state index in [0.29, 0.717) is 0 Å². The van der Waals surface area contributed by atoms with Gasteiger partial charge in [-0.25, -0.2) is 4.39 Å². The molecule has 0 bridgehead atoms. The molecular weight excluding hydrogens is 203 g/mol. The third-order valence-electron chi connectivity index (χ3n) is 2.98. The van der Waals surface area contributed by atoms with Crippen LogP contribution in [0, 0.1) is 5.82 Å². The van der Waals surface area contributed by atoms with E-state index in [9.17, 15) is 4.39 Å². The molecule has 86 valence electrons. The number of rotatable bonds is 3. The summed E-state index contributed by atoms with van der Waals surface area (Å²) in [5.74, 6) is -0.188. The first kappa shape index (κ1) is 11.3. The summed E-state index contributed by atoms with van der Waals surface area (Å²) in [5.41, 5.74) is 1.11. The Balaban J connectivity index is 2.14. The normalized spacial score (nSPS) is 19.3. The molecule has 1 aromatic carbocycles. The van der Waals surface area contributed by atoms with E-state index < -0.39 is 0 Å². The van der Waals surface area contributed by atoms with Crippen LogP contribution in [0.5, 0.6) is 0 Å². The Bertz CT molecular complexity index is 341. The van der Waals surface area contributed by atoms with Crippen LogP contribution in [0.1, 0.15) is 11.6 Å². The van der Waals surface area contributed by atoms with Crippen molar-refractivity contribution in [2.75, 3.05) is 26.2 Å². The van der Waals surface area contributed by atoms with Crippen LogP contribution in [-0.2, 0) is 0 Å². The average Bonchev–Trinajstić information content (AvgIpc) is 2.34. The van der Waals surface area contributed by atoms with Crippen molar-refractivity contribution in [2.45, 2.75) is 6.04 Å². The van der Waals surface area contributed by atoms with Gasteiger partial charge >= 0.3 is 0 Å². The second kappa shape index (κ2) is 5.23. The lowest BCUT2D eigenvalue weighted by Crippen LogP contribution is -2.44. The van der Waals surface area contributed by atoms with Gasteiger partial charge in [0.05, 0.1) is 6.04 Å². The Morgan fingerprint density at radius 3 is 2.44 bits per heavy atom. The predicted molar refractivity (Wildman–Crippen MR) is 63.8 cm³/mol. The zero-order chi connectivity index (χ0) is 11.4. The highest BCUT2D eigenvalue weighted by molar-refractivity contribution is 5.23. The number of nitrogens with zero attached hydrogens (tertiary/aromatic N) is 1. The highest BCUT2D eigenvalue weighted by atomic mass is 19.1. The molecule has 1 N–H and O–H groups in total. The van der Waals surface area contributed by atoms with E-state index in [4.69, 9.17) is 0 Å². The molecule has 1 atom stereocenters. The average molecular weight is 220 g/mol. The summed E-state index contributed by atoms with van der Waals surface area (Å²) < 4.78 is 12.8. The van der Waals surface area contributed by atoms with Crippen molar-refractivity contribution < 1.29 is 4.39 Å². The van der Waals surface area contributed by atoms with Crippen LogP contribution < -0.4 is 5.32 Å². The summed E-state index contributed by atoms with van der Waals surface area (Å²) in [7, 11) is 0. The summed E-state index contributed by atoms with van der Waals surface area (Å²) >= 11 is 0. The fraction of sp³-hybridized carbons (Fsp3) is 0.385. The van der Waals surface area contributed by atoms with Crippen molar-refractivity contribution in [1.82, 2.24) is 10.2 Å². The van der Waals surface area contributed by atoms with Gasteiger partial charge in [-0.1, -0.05) is 18.2 Å². The van der Waals surface area contributed by atoms with E-state index in [1.165, 1.54) is 12.1 Å². The largest absolute Gasteiger partial charge is 0.314 e. The predicted octanol–water partition coefficient (Wildman–Crippen LogP) is 1.96. The molecule has 0 saturated carbocycles. The standard InChI is InChI=1S/C13H17FN2/c1-2-13(16-9-7-15-8-10-16)11-3-5-12(14)6-4-11/h2-6,13,15H,1,7-10H2/t13-/m0/s1. The summed E-state index contributed by atoms with van der Waals surface area (Å²) in [4.78, 5) is 2.36. The maximum absolute atomic E-state index is 12.8. The minimum absolute atomic E-state index is 0.188. The van der Waals surface area contributed by atoms with Crippen LogP contribution in [-0.4, -0.2) is 31.1 Å². The summed E-state index contributed by atoms with van der Waals surface area (Å²) in [6.07, 6.45) is 1.93. The van der Waals surface area contributed by atoms with Gasteiger partial charge in [0.15, 0.2) is 0 Å². The van der Waals surface area contributed by atoms with E-state index in [-0.39, 0.29) is 11.9 Å². The molecule has 3 heteroatoms. The molecule has 2 rings (SSSR count). The van der Waals surface area contributed by atoms with Gasteiger partial charge in [0.1, 0.15) is 5.82 Å². The number of piperazine rings is 1. The molecule has 1 fully saturated rings. The van der Waals surface area contributed by atoms with Crippen LogP contribution >= 0.6 is 0 Å². The number of hydrogen-bond acceptors (Lipinski definition) is 2. The Kier molecular flexibility index (Phi) is 3.70. The third-order valence-corrected chi connectivity index (χ3v) is 2.98. The van der Waals surface area contributed by atoms with E-state index in [0.717, 1.165) is 31.7 Å². The number of benzene rings is 1. The van der Waals surface area contributed by atoms with Crippen molar-refractivity contribution in [3.63, 3.8) is 0 Å². The lowest BCUT2D eigenvalue weighted by molar-refractivity contribution is 0.203. The van der Waals surface area contributed by atoms with Crippen molar-refractivity contribution in [2.24, 2.45) is 0 Å². The van der Waals surface area contributed by atoms with Gasteiger partial charge in [-0.3, -0.25) is 4.90 Å². The van der Waals surface area contributed by atoms with Gasteiger partial charge in [0.2, 0.25) is 0 Å². The van der Waals surface area contributed by atoms with Crippen molar-refractivity contribution in [3.05, 3.63) is 48.3 Å². The molecule has 1 aliphatic rings. The number of halogens is 1. The maximum Gasteiger partial charge on any atom is 0.123 e. The topological polar surface area (TPSA) is 15.3 Å². The lowest BCUT2D eigenvalue weighted by Gasteiger charge is -2.33. The van der Waals surface area contributed by atoms with Crippen LogP contribution in [0.3, 0.4) is 0 Å². The van der Waals surface area contributed by atoms with Gasteiger partial charge in [0, 0.05) is 26.2 Å². The third kappa shape index (κ3) is 2.49. The number of hydrogen-bond donors (Lipinski definition) is 1. The zero-order valence-corrected chi connectivity index (χ0v) is 9.32. The minimum atomic E-state index is -0.188. The first-order chi connectivity index (χ1) is 7.81. The molecule has 0 spiro atoms. The molecule has 16 heavy (non-hydrogen) atoms. The highest BCUT2D eigenvalue weighted by Gasteiger charge is 2.18. The SMILES string of the molecule is C=C[C@@H](c1ccc(F)cc1)N1CCNCC1. The van der Waals surface area contributed by atoms with Crippen molar-refractivity contribution in [1.29, 1.82) is 0 Å². The summed E-state index contributed by atoms with van der Waals surface area (Å²) in [6.45, 7) is 7.91. The molecule has 0 radical (unpaired) electrons. The van der Waals surface area contributed by atoms with Gasteiger partial charge < -0.3 is 5.32 Å². The molecule has 1 aromatic rings. The van der Waals surface area contributed by atoms with E-state index >= 15 is 0 Å². The van der Waals surface area contributed by atoms with Crippen LogP contribution in [0.2, 0.25) is 0 Å². The molecule has 0 aromatic heterocycles. The van der Waals surface area contributed by atoms with E-state index in [1.807, 2.05) is 18.2 Å². The highest BCUT2D eigenvalue weighted by Crippen LogP contribution is 2.22. The van der Waals surface area contributed by atoms with Crippen LogP contribution in [0.25, 0.3) is 0 Å². The molecular formula is C13H17FN2.